The summed E-state index contributed by atoms with van der Waals surface area (Å²) in [5.74, 6) is -4.05. The first-order valence-electron chi connectivity index (χ1n) is 13.9. The fourth-order valence-electron chi connectivity index (χ4n) is 7.13. The van der Waals surface area contributed by atoms with E-state index in [-0.39, 0.29) is 53.0 Å². The summed E-state index contributed by atoms with van der Waals surface area (Å²) in [4.78, 5) is 66.3. The van der Waals surface area contributed by atoms with Crippen molar-refractivity contribution in [3.63, 3.8) is 0 Å². The molecule has 0 radical (unpaired) electrons. The summed E-state index contributed by atoms with van der Waals surface area (Å²) in [5.41, 5.74) is 2.38. The van der Waals surface area contributed by atoms with E-state index in [2.05, 4.69) is 15.9 Å². The molecule has 2 aromatic carbocycles. The van der Waals surface area contributed by atoms with E-state index >= 15 is 0 Å². The van der Waals surface area contributed by atoms with Crippen LogP contribution in [0.3, 0.4) is 0 Å². The zero-order chi connectivity index (χ0) is 29.0. The number of fused-ring (bicyclic) bond motifs is 4. The number of carboxylic acids is 1. The minimum atomic E-state index is -0.873. The number of phenolic OH excluding ortho intramolecular Hbond substituents is 1. The van der Waals surface area contributed by atoms with Crippen molar-refractivity contribution in [2.45, 2.75) is 44.4 Å². The van der Waals surface area contributed by atoms with Gasteiger partial charge in [0.1, 0.15) is 5.75 Å². The fraction of sp³-hybridized carbons (Fsp3) is 0.344. The highest BCUT2D eigenvalue weighted by atomic mass is 79.9. The van der Waals surface area contributed by atoms with E-state index < -0.39 is 29.6 Å². The predicted octanol–water partition coefficient (Wildman–Crippen LogP) is 4.95. The van der Waals surface area contributed by atoms with E-state index in [0.717, 1.165) is 16.5 Å². The average molecular weight is 618 g/mol. The number of aromatic hydroxyl groups is 1. The number of phenols is 1. The van der Waals surface area contributed by atoms with Crippen LogP contribution in [0.25, 0.3) is 10.8 Å². The van der Waals surface area contributed by atoms with Crippen LogP contribution in [-0.2, 0) is 24.0 Å². The second kappa shape index (κ2) is 10.5. The van der Waals surface area contributed by atoms with Crippen LogP contribution in [0.5, 0.6) is 5.75 Å². The Hall–Kier alpha value is -3.85. The first-order valence-corrected chi connectivity index (χ1v) is 14.6. The van der Waals surface area contributed by atoms with Gasteiger partial charge in [-0.2, -0.15) is 0 Å². The summed E-state index contributed by atoms with van der Waals surface area (Å²) in [7, 11) is 0. The predicted molar refractivity (Wildman–Crippen MR) is 153 cm³/mol. The van der Waals surface area contributed by atoms with Crippen molar-refractivity contribution in [3.8, 4) is 5.75 Å². The number of unbranched alkanes of at least 4 members (excludes halogenated alkanes) is 2. The molecule has 1 heterocycles. The average Bonchev–Trinajstić information content (AvgIpc) is 3.20. The summed E-state index contributed by atoms with van der Waals surface area (Å²) in [6.45, 7) is 0.234. The van der Waals surface area contributed by atoms with Gasteiger partial charge in [-0.1, -0.05) is 48.4 Å². The number of carboxylic acid groups (broad SMARTS) is 1. The van der Waals surface area contributed by atoms with Gasteiger partial charge in [0.05, 0.1) is 16.3 Å². The molecule has 2 amide bonds. The number of allylic oxidation sites excluding steroid dienone is 6. The largest absolute Gasteiger partial charge is 0.507 e. The molecule has 3 aliphatic carbocycles. The molecule has 0 unspecified atom stereocenters. The lowest BCUT2D eigenvalue weighted by molar-refractivity contribution is -0.141. The lowest BCUT2D eigenvalue weighted by Crippen LogP contribution is -2.39. The molecule has 0 aromatic heterocycles. The molecule has 210 valence electrons. The van der Waals surface area contributed by atoms with E-state index in [1.165, 1.54) is 11.0 Å². The molecule has 1 saturated heterocycles. The number of aliphatic carboxylic acids is 1. The minimum Gasteiger partial charge on any atom is -0.507 e. The Morgan fingerprint density at radius 1 is 0.951 bits per heavy atom. The fourth-order valence-corrected chi connectivity index (χ4v) is 7.58. The maximum Gasteiger partial charge on any atom is 0.303 e. The number of ketones is 2. The number of imide groups is 1. The van der Waals surface area contributed by atoms with Gasteiger partial charge in [0.2, 0.25) is 11.8 Å². The number of Topliss-reactive ketones (excluding diaryl/α,β-unsaturated/α-hetero) is 1. The summed E-state index contributed by atoms with van der Waals surface area (Å²) in [6.07, 6.45) is 5.47. The molecule has 0 spiro atoms. The van der Waals surface area contributed by atoms with E-state index in [0.29, 0.717) is 42.2 Å². The van der Waals surface area contributed by atoms with Crippen molar-refractivity contribution in [2.24, 2.45) is 17.8 Å². The molecule has 6 rings (SSSR count). The Morgan fingerprint density at radius 3 is 2.46 bits per heavy atom. The van der Waals surface area contributed by atoms with Gasteiger partial charge >= 0.3 is 5.97 Å². The van der Waals surface area contributed by atoms with Gasteiger partial charge < -0.3 is 10.2 Å². The van der Waals surface area contributed by atoms with Crippen LogP contribution in [0.1, 0.15) is 50.0 Å². The molecule has 8 nitrogen and oxygen atoms in total. The Labute approximate surface area is 244 Å². The van der Waals surface area contributed by atoms with Crippen LogP contribution in [0, 0.1) is 17.8 Å². The van der Waals surface area contributed by atoms with Gasteiger partial charge in [0, 0.05) is 41.5 Å². The highest BCUT2D eigenvalue weighted by Gasteiger charge is 2.56. The van der Waals surface area contributed by atoms with Crippen molar-refractivity contribution >= 4 is 56.1 Å². The highest BCUT2D eigenvalue weighted by molar-refractivity contribution is 9.12. The van der Waals surface area contributed by atoms with Crippen molar-refractivity contribution < 1.29 is 34.2 Å². The van der Waals surface area contributed by atoms with E-state index in [1.54, 1.807) is 18.2 Å². The molecule has 9 heteroatoms. The van der Waals surface area contributed by atoms with Crippen LogP contribution >= 0.6 is 15.9 Å². The standard InChI is InChI=1S/C32H28BrNO7/c33-23-15-25(36)29-22(30(23)39)14-21-19(27(29)18-11-12-24(35)17-7-4-3-6-16(17)18)9-10-20-28(21)32(41)34(31(20)40)13-5-1-2-8-26(37)38/h3-4,6-7,9,11-12,15,20-21,27-28,35H,1-2,5,8,10,13-14H2,(H,37,38)/t20-,21+,27-,28-/m0/s1. The van der Waals surface area contributed by atoms with Crippen LogP contribution in [0.4, 0.5) is 0 Å². The summed E-state index contributed by atoms with van der Waals surface area (Å²) in [5, 5.41) is 20.8. The molecule has 4 aliphatic rings. The summed E-state index contributed by atoms with van der Waals surface area (Å²) >= 11 is 3.25. The third-order valence-electron chi connectivity index (χ3n) is 8.94. The SMILES string of the molecule is O=C(O)CCCCCN1C(=O)[C@H]2[C@H](CC=C3[C@H](c4ccc(O)c5ccccc45)C4=C(C[C@H]32)C(=O)C(Br)=CC4=O)C1=O. The van der Waals surface area contributed by atoms with Gasteiger partial charge in [-0.25, -0.2) is 0 Å². The quantitative estimate of drug-likeness (QED) is 0.194. The normalized spacial score (nSPS) is 25.6. The Balaban J connectivity index is 1.41. The molecular weight excluding hydrogens is 590 g/mol. The molecule has 4 atom stereocenters. The van der Waals surface area contributed by atoms with Gasteiger partial charge in [-0.15, -0.1) is 0 Å². The molecule has 0 saturated carbocycles. The first kappa shape index (κ1) is 27.3. The van der Waals surface area contributed by atoms with E-state index in [1.807, 2.05) is 24.3 Å². The number of halogens is 1. The van der Waals surface area contributed by atoms with Crippen LogP contribution in [0.15, 0.2) is 69.8 Å². The summed E-state index contributed by atoms with van der Waals surface area (Å²) in [6, 6.07) is 10.7. The van der Waals surface area contributed by atoms with Crippen molar-refractivity contribution in [1.82, 2.24) is 4.90 Å². The second-order valence-electron chi connectivity index (χ2n) is 11.1. The first-order chi connectivity index (χ1) is 19.7. The van der Waals surface area contributed by atoms with Crippen LogP contribution in [0.2, 0.25) is 0 Å². The number of nitrogens with zero attached hydrogens (tertiary/aromatic N) is 1. The van der Waals surface area contributed by atoms with Crippen molar-refractivity contribution in [1.29, 1.82) is 0 Å². The van der Waals surface area contributed by atoms with Gasteiger partial charge in [-0.05, 0) is 64.5 Å². The molecule has 2 N–H and O–H groups in total. The lowest BCUT2D eigenvalue weighted by Gasteiger charge is -2.42. The number of carbonyl (C=O) groups is 5. The number of amides is 2. The maximum atomic E-state index is 13.8. The topological polar surface area (TPSA) is 129 Å². The van der Waals surface area contributed by atoms with Crippen molar-refractivity contribution in [3.05, 3.63) is 75.3 Å². The number of carbonyl (C=O) groups excluding carboxylic acids is 4. The molecular formula is C32H28BrNO7. The third kappa shape index (κ3) is 4.47. The monoisotopic (exact) mass is 617 g/mol. The lowest BCUT2D eigenvalue weighted by atomic mass is 9.59. The van der Waals surface area contributed by atoms with Crippen molar-refractivity contribution in [2.75, 3.05) is 6.54 Å². The van der Waals surface area contributed by atoms with Gasteiger partial charge in [0.25, 0.3) is 0 Å². The number of rotatable bonds is 7. The number of hydrogen-bond donors (Lipinski definition) is 2. The Bertz CT molecular complexity index is 1630. The Morgan fingerprint density at radius 2 is 1.71 bits per heavy atom. The van der Waals surface area contributed by atoms with E-state index in [4.69, 9.17) is 5.11 Å². The zero-order valence-electron chi connectivity index (χ0n) is 22.1. The van der Waals surface area contributed by atoms with E-state index in [9.17, 15) is 29.1 Å². The number of hydrogen-bond acceptors (Lipinski definition) is 6. The Kier molecular flexibility index (Phi) is 7.01. The number of likely N-dealkylation sites (tertiary alicyclic amines) is 1. The molecule has 1 aliphatic heterocycles. The third-order valence-corrected chi connectivity index (χ3v) is 9.53. The summed E-state index contributed by atoms with van der Waals surface area (Å²) < 4.78 is 0.173. The minimum absolute atomic E-state index is 0.0457. The molecule has 1 fully saturated rings. The van der Waals surface area contributed by atoms with Crippen LogP contribution < -0.4 is 0 Å². The number of benzene rings is 2. The second-order valence-corrected chi connectivity index (χ2v) is 12.0. The van der Waals surface area contributed by atoms with Gasteiger partial charge in [-0.3, -0.25) is 28.9 Å². The zero-order valence-corrected chi connectivity index (χ0v) is 23.7. The smallest absolute Gasteiger partial charge is 0.303 e. The molecule has 41 heavy (non-hydrogen) atoms. The van der Waals surface area contributed by atoms with Gasteiger partial charge in [0.15, 0.2) is 11.6 Å². The maximum absolute atomic E-state index is 13.8. The molecule has 0 bridgehead atoms. The van der Waals surface area contributed by atoms with Crippen LogP contribution in [-0.4, -0.2) is 51.0 Å². The highest BCUT2D eigenvalue weighted by Crippen LogP contribution is 2.56. The molecule has 2 aromatic rings.